The van der Waals surface area contributed by atoms with Gasteiger partial charge < -0.3 is 33.9 Å². The van der Waals surface area contributed by atoms with Crippen molar-refractivity contribution in [1.82, 2.24) is 9.79 Å². The van der Waals surface area contributed by atoms with Crippen molar-refractivity contribution in [1.29, 1.82) is 0 Å². The number of rotatable bonds is 15. The second kappa shape index (κ2) is 15.0. The molecule has 1 amide bonds. The van der Waals surface area contributed by atoms with E-state index in [0.29, 0.717) is 34.9 Å². The van der Waals surface area contributed by atoms with E-state index >= 15 is 0 Å². The summed E-state index contributed by atoms with van der Waals surface area (Å²) in [4.78, 5) is 18.1. The number of nitrogens with one attached hydrogen (secondary N) is 1. The summed E-state index contributed by atoms with van der Waals surface area (Å²) in [7, 11) is -6.01. The van der Waals surface area contributed by atoms with Crippen LogP contribution < -0.4 is 19.5 Å². The first kappa shape index (κ1) is 35.6. The molecule has 2 N–H and O–H groups in total. The first-order valence-electron chi connectivity index (χ1n) is 14.9. The van der Waals surface area contributed by atoms with Gasteiger partial charge in [-0.25, -0.2) is 13.2 Å². The Morgan fingerprint density at radius 3 is 2.32 bits per heavy atom. The third kappa shape index (κ3) is 9.83. The smallest absolute Gasteiger partial charge is 0.427 e. The van der Waals surface area contributed by atoms with Crippen LogP contribution in [0.15, 0.2) is 47.4 Å². The predicted octanol–water partition coefficient (Wildman–Crippen LogP) is 5.49. The largest absolute Gasteiger partial charge is 0.494 e. The lowest BCUT2D eigenvalue weighted by Gasteiger charge is -2.36. The molecule has 2 aromatic rings. The topological polar surface area (TPSA) is 133 Å². The van der Waals surface area contributed by atoms with E-state index in [1.54, 1.807) is 20.8 Å². The van der Waals surface area contributed by atoms with Gasteiger partial charge in [0.2, 0.25) is 6.79 Å². The number of carbonyl (C=O) groups excluding carboxylic acids is 1. The second-order valence-corrected chi connectivity index (χ2v) is 19.6. The maximum absolute atomic E-state index is 13.4. The van der Waals surface area contributed by atoms with E-state index in [1.165, 1.54) is 18.2 Å². The summed E-state index contributed by atoms with van der Waals surface area (Å²) >= 11 is 0. The summed E-state index contributed by atoms with van der Waals surface area (Å²) in [5, 5.41) is 13.2. The van der Waals surface area contributed by atoms with Gasteiger partial charge in [-0.15, -0.1) is 0 Å². The normalized spacial score (nSPS) is 14.9. The van der Waals surface area contributed by atoms with E-state index < -0.39 is 36.6 Å². The number of hydrogen-bond donors (Lipinski definition) is 2. The van der Waals surface area contributed by atoms with Crippen molar-refractivity contribution in [3.05, 3.63) is 48.0 Å². The van der Waals surface area contributed by atoms with Crippen LogP contribution in [-0.4, -0.2) is 71.1 Å². The van der Waals surface area contributed by atoms with E-state index in [0.717, 1.165) is 12.0 Å². The highest BCUT2D eigenvalue weighted by atomic mass is 32.2. The molecule has 3 rings (SSSR count). The van der Waals surface area contributed by atoms with Crippen molar-refractivity contribution >= 4 is 24.4 Å². The summed E-state index contributed by atoms with van der Waals surface area (Å²) in [6.45, 7) is 17.4. The van der Waals surface area contributed by atoms with Gasteiger partial charge in [0.15, 0.2) is 19.8 Å². The molecule has 0 spiro atoms. The molecule has 44 heavy (non-hydrogen) atoms. The van der Waals surface area contributed by atoms with Crippen LogP contribution in [0.25, 0.3) is 0 Å². The number of benzene rings is 2. The average molecular weight is 653 g/mol. The van der Waals surface area contributed by atoms with Crippen LogP contribution in [0.2, 0.25) is 18.1 Å². The van der Waals surface area contributed by atoms with E-state index in [1.807, 2.05) is 24.3 Å². The highest BCUT2D eigenvalue weighted by Gasteiger charge is 2.37. The van der Waals surface area contributed by atoms with Crippen LogP contribution >= 0.6 is 0 Å². The Morgan fingerprint density at radius 2 is 1.70 bits per heavy atom. The maximum Gasteiger partial charge on any atom is 0.427 e. The molecule has 1 aliphatic rings. The van der Waals surface area contributed by atoms with Gasteiger partial charge in [-0.2, -0.15) is 0 Å². The zero-order chi connectivity index (χ0) is 32.7. The Labute approximate surface area is 262 Å². The molecule has 246 valence electrons. The maximum atomic E-state index is 13.4. The summed E-state index contributed by atoms with van der Waals surface area (Å²) in [6, 6.07) is 10.9. The lowest BCUT2D eigenvalue weighted by atomic mass is 10.0. The predicted molar refractivity (Wildman–Crippen MR) is 170 cm³/mol. The SMILES string of the molecule is CC(C)CN(OC(=O)NC(Cc1ccc(OCCCO[Si](C)(C)C(C)(C)C)cc1)C(C)O)S(=O)(=O)c1ccc2c(c1)OCO2. The Balaban J connectivity index is 1.56. The number of ether oxygens (including phenoxy) is 3. The monoisotopic (exact) mass is 652 g/mol. The van der Waals surface area contributed by atoms with Gasteiger partial charge >= 0.3 is 6.09 Å². The van der Waals surface area contributed by atoms with Gasteiger partial charge in [0.1, 0.15) is 5.75 Å². The quantitative estimate of drug-likeness (QED) is 0.146. The standard InChI is InChI=1S/C31H48N2O9SSi/c1-22(2)20-33(43(36,37)26-14-15-28-29(19-26)40-21-39-28)42-30(35)32-27(23(3)34)18-24-10-12-25(13-11-24)38-16-9-17-41-44(7,8)31(4,5)6/h10-15,19,22-23,27,34H,9,16-18,20-21H2,1-8H3,(H,32,35). The Morgan fingerprint density at radius 1 is 1.05 bits per heavy atom. The fraction of sp³-hybridized carbons (Fsp3) is 0.581. The highest BCUT2D eigenvalue weighted by molar-refractivity contribution is 7.89. The van der Waals surface area contributed by atoms with Crippen LogP contribution in [-0.2, 0) is 25.7 Å². The molecule has 2 unspecified atom stereocenters. The Bertz CT molecular complexity index is 1340. The molecule has 0 radical (unpaired) electrons. The van der Waals surface area contributed by atoms with Gasteiger partial charge in [-0.3, -0.25) is 0 Å². The lowest BCUT2D eigenvalue weighted by molar-refractivity contribution is -0.0323. The molecule has 0 saturated heterocycles. The number of aliphatic hydroxyl groups excluding tert-OH is 1. The number of hydroxylamine groups is 1. The summed E-state index contributed by atoms with van der Waals surface area (Å²) in [6.07, 6.45) is -0.876. The van der Waals surface area contributed by atoms with Crippen LogP contribution in [0.4, 0.5) is 4.79 Å². The van der Waals surface area contributed by atoms with Gasteiger partial charge in [0, 0.05) is 19.1 Å². The van der Waals surface area contributed by atoms with Gasteiger partial charge in [0.05, 0.1) is 30.2 Å². The molecule has 0 bridgehead atoms. The molecule has 0 aliphatic carbocycles. The number of sulfonamides is 1. The Kier molecular flexibility index (Phi) is 12.1. The first-order chi connectivity index (χ1) is 20.5. The van der Waals surface area contributed by atoms with E-state index in [2.05, 4.69) is 39.2 Å². The van der Waals surface area contributed by atoms with Gasteiger partial charge in [-0.1, -0.05) is 46.8 Å². The van der Waals surface area contributed by atoms with Crippen molar-refractivity contribution in [3.63, 3.8) is 0 Å². The zero-order valence-electron chi connectivity index (χ0n) is 27.1. The number of fused-ring (bicyclic) bond motifs is 1. The number of carbonyl (C=O) groups is 1. The number of nitrogens with zero attached hydrogens (tertiary/aromatic N) is 1. The first-order valence-corrected chi connectivity index (χ1v) is 19.3. The van der Waals surface area contributed by atoms with E-state index in [9.17, 15) is 18.3 Å². The molecule has 11 nitrogen and oxygen atoms in total. The Hall–Kier alpha value is -2.84. The average Bonchev–Trinajstić information content (AvgIpc) is 3.40. The number of aliphatic hydroxyl groups is 1. The minimum Gasteiger partial charge on any atom is -0.494 e. The van der Waals surface area contributed by atoms with Crippen LogP contribution in [0.5, 0.6) is 17.2 Å². The molecule has 13 heteroatoms. The van der Waals surface area contributed by atoms with Crippen LogP contribution in [0.1, 0.15) is 53.5 Å². The summed E-state index contributed by atoms with van der Waals surface area (Å²) in [5.41, 5.74) is 0.844. The fourth-order valence-corrected chi connectivity index (χ4v) is 6.50. The molecule has 0 saturated carbocycles. The van der Waals surface area contributed by atoms with E-state index in [4.69, 9.17) is 23.5 Å². The molecule has 2 aromatic carbocycles. The summed E-state index contributed by atoms with van der Waals surface area (Å²) < 4.78 is 50.1. The third-order valence-electron chi connectivity index (χ3n) is 7.70. The minimum absolute atomic E-state index is 0.00299. The lowest BCUT2D eigenvalue weighted by Crippen LogP contribution is -2.47. The second-order valence-electron chi connectivity index (χ2n) is 12.9. The molecule has 1 heterocycles. The molecular formula is C31H48N2O9SSi. The van der Waals surface area contributed by atoms with Crippen LogP contribution in [0, 0.1) is 5.92 Å². The minimum atomic E-state index is -4.23. The molecule has 1 aliphatic heterocycles. The molecule has 0 aromatic heterocycles. The molecular weight excluding hydrogens is 604 g/mol. The zero-order valence-corrected chi connectivity index (χ0v) is 28.9. The fourth-order valence-electron chi connectivity index (χ4n) is 4.02. The van der Waals surface area contributed by atoms with E-state index in [-0.39, 0.29) is 35.6 Å². The number of amides is 1. The third-order valence-corrected chi connectivity index (χ3v) is 13.8. The number of hydrogen-bond acceptors (Lipinski definition) is 9. The van der Waals surface area contributed by atoms with Crippen molar-refractivity contribution in [2.75, 3.05) is 26.6 Å². The van der Waals surface area contributed by atoms with Crippen molar-refractivity contribution in [3.8, 4) is 17.2 Å². The van der Waals surface area contributed by atoms with Gasteiger partial charge in [0.25, 0.3) is 10.0 Å². The molecule has 2 atom stereocenters. The van der Waals surface area contributed by atoms with Crippen LogP contribution in [0.3, 0.4) is 0 Å². The summed E-state index contributed by atoms with van der Waals surface area (Å²) in [5.74, 6) is 1.29. The highest BCUT2D eigenvalue weighted by Crippen LogP contribution is 2.37. The van der Waals surface area contributed by atoms with Crippen molar-refractivity contribution < 1.29 is 41.8 Å². The van der Waals surface area contributed by atoms with Crippen molar-refractivity contribution in [2.24, 2.45) is 5.92 Å². The van der Waals surface area contributed by atoms with Gasteiger partial charge in [-0.05, 0) is 71.7 Å². The van der Waals surface area contributed by atoms with Crippen molar-refractivity contribution in [2.45, 2.75) is 89.6 Å². The molecule has 0 fully saturated rings.